The predicted octanol–water partition coefficient (Wildman–Crippen LogP) is 2.15. The van der Waals surface area contributed by atoms with E-state index < -0.39 is 0 Å². The molecule has 0 aliphatic heterocycles. The Morgan fingerprint density at radius 2 is 2.14 bits per heavy atom. The van der Waals surface area contributed by atoms with Crippen molar-refractivity contribution in [3.05, 3.63) is 46.8 Å². The van der Waals surface area contributed by atoms with Crippen molar-refractivity contribution < 1.29 is 9.90 Å². The number of aromatic nitrogens is 2. The number of phenolic OH excluding ortho intramolecular Hbond substituents is 1. The number of carbonyl (C=O) groups is 1. The van der Waals surface area contributed by atoms with Gasteiger partial charge in [-0.3, -0.25) is 9.89 Å². The number of hydrogen-bond acceptors (Lipinski definition) is 4. The molecular weight excluding hydrogens is 280 g/mol. The zero-order valence-electron chi connectivity index (χ0n) is 12.4. The number of phenols is 1. The van der Waals surface area contributed by atoms with E-state index in [0.29, 0.717) is 12.1 Å². The number of hydrazone groups is 1. The van der Waals surface area contributed by atoms with Gasteiger partial charge in [-0.2, -0.15) is 10.2 Å². The minimum atomic E-state index is -0.288. The number of aryl methyl sites for hydroxylation is 1. The van der Waals surface area contributed by atoms with E-state index in [4.69, 9.17) is 0 Å². The summed E-state index contributed by atoms with van der Waals surface area (Å²) < 4.78 is 0. The number of aromatic amines is 1. The van der Waals surface area contributed by atoms with E-state index >= 15 is 0 Å². The fraction of sp³-hybridized carbons (Fsp3) is 0.312. The van der Waals surface area contributed by atoms with Gasteiger partial charge >= 0.3 is 0 Å². The van der Waals surface area contributed by atoms with Gasteiger partial charge in [0.2, 0.25) is 0 Å². The molecule has 0 fully saturated rings. The number of nitrogens with zero attached hydrogens (tertiary/aromatic N) is 2. The van der Waals surface area contributed by atoms with Gasteiger partial charge in [0.1, 0.15) is 5.75 Å². The predicted molar refractivity (Wildman–Crippen MR) is 83.0 cm³/mol. The Hall–Kier alpha value is -2.63. The highest BCUT2D eigenvalue weighted by Crippen LogP contribution is 2.22. The van der Waals surface area contributed by atoms with Gasteiger partial charge in [-0.15, -0.1) is 0 Å². The third-order valence-corrected chi connectivity index (χ3v) is 3.85. The number of amides is 1. The normalized spacial score (nSPS) is 14.0. The smallest absolute Gasteiger partial charge is 0.292 e. The monoisotopic (exact) mass is 298 g/mol. The largest absolute Gasteiger partial charge is 0.508 e. The van der Waals surface area contributed by atoms with Crippen LogP contribution in [0, 0.1) is 0 Å². The Bertz CT molecular complexity index is 716. The van der Waals surface area contributed by atoms with Gasteiger partial charge in [-0.1, -0.05) is 6.92 Å². The van der Waals surface area contributed by atoms with Crippen LogP contribution in [0.2, 0.25) is 0 Å². The molecule has 2 aromatic rings. The molecule has 0 spiro atoms. The first-order valence-electron chi connectivity index (χ1n) is 7.41. The summed E-state index contributed by atoms with van der Waals surface area (Å²) in [7, 11) is 0. The zero-order valence-corrected chi connectivity index (χ0v) is 12.4. The third kappa shape index (κ3) is 2.72. The third-order valence-electron chi connectivity index (χ3n) is 3.85. The van der Waals surface area contributed by atoms with Crippen LogP contribution in [0.25, 0.3) is 0 Å². The van der Waals surface area contributed by atoms with Crippen LogP contribution in [-0.4, -0.2) is 26.9 Å². The molecule has 1 aromatic carbocycles. The molecule has 0 bridgehead atoms. The number of nitrogens with one attached hydrogen (secondary N) is 2. The van der Waals surface area contributed by atoms with Gasteiger partial charge < -0.3 is 5.11 Å². The first kappa shape index (κ1) is 14.3. The van der Waals surface area contributed by atoms with Crippen LogP contribution in [0.4, 0.5) is 0 Å². The van der Waals surface area contributed by atoms with Crippen molar-refractivity contribution in [1.29, 1.82) is 0 Å². The summed E-state index contributed by atoms with van der Waals surface area (Å²) in [5.41, 5.74) is 6.71. The standard InChI is InChI=1S/C16H18N4O2/c1-2-13(10-6-8-11(21)9-7-10)17-20-16(22)15-12-4-3-5-14(12)18-19-15/h6-9,21H,2-5H2,1H3,(H,18,19)(H,20,22)/b17-13+. The maximum atomic E-state index is 12.2. The Morgan fingerprint density at radius 1 is 1.36 bits per heavy atom. The SMILES string of the molecule is CC/C(=N\NC(=O)c1n[nH]c2c1CCC2)c1ccc(O)cc1. The van der Waals surface area contributed by atoms with Crippen molar-refractivity contribution in [2.75, 3.05) is 0 Å². The highest BCUT2D eigenvalue weighted by atomic mass is 16.3. The molecule has 3 rings (SSSR count). The van der Waals surface area contributed by atoms with E-state index in [0.717, 1.165) is 41.8 Å². The molecule has 1 aliphatic carbocycles. The average molecular weight is 298 g/mol. The van der Waals surface area contributed by atoms with Gasteiger partial charge in [0.15, 0.2) is 5.69 Å². The van der Waals surface area contributed by atoms with Gasteiger partial charge in [0.05, 0.1) is 5.71 Å². The van der Waals surface area contributed by atoms with E-state index in [1.165, 1.54) is 0 Å². The highest BCUT2D eigenvalue weighted by molar-refractivity contribution is 6.02. The second kappa shape index (κ2) is 6.01. The molecule has 0 atom stereocenters. The van der Waals surface area contributed by atoms with Crippen LogP contribution < -0.4 is 5.43 Å². The van der Waals surface area contributed by atoms with Crippen molar-refractivity contribution in [2.45, 2.75) is 32.6 Å². The summed E-state index contributed by atoms with van der Waals surface area (Å²) in [6, 6.07) is 6.75. The molecule has 0 saturated heterocycles. The summed E-state index contributed by atoms with van der Waals surface area (Å²) in [6.45, 7) is 1.96. The number of rotatable bonds is 4. The van der Waals surface area contributed by atoms with Crippen LogP contribution >= 0.6 is 0 Å². The fourth-order valence-electron chi connectivity index (χ4n) is 2.68. The molecule has 0 radical (unpaired) electrons. The Labute approximate surface area is 128 Å². The van der Waals surface area contributed by atoms with Crippen molar-refractivity contribution >= 4 is 11.6 Å². The fourth-order valence-corrected chi connectivity index (χ4v) is 2.68. The number of hydrogen-bond donors (Lipinski definition) is 3. The van der Waals surface area contributed by atoms with E-state index in [2.05, 4.69) is 20.7 Å². The molecule has 3 N–H and O–H groups in total. The summed E-state index contributed by atoms with van der Waals surface area (Å²) in [5, 5.41) is 20.5. The lowest BCUT2D eigenvalue weighted by Gasteiger charge is -2.05. The van der Waals surface area contributed by atoms with Gasteiger partial charge in [-0.25, -0.2) is 5.43 Å². The first-order valence-corrected chi connectivity index (χ1v) is 7.41. The molecule has 0 unspecified atom stereocenters. The number of aromatic hydroxyl groups is 1. The Balaban J connectivity index is 1.76. The molecule has 6 heteroatoms. The van der Waals surface area contributed by atoms with Crippen molar-refractivity contribution in [2.24, 2.45) is 5.10 Å². The first-order chi connectivity index (χ1) is 10.7. The number of carbonyl (C=O) groups excluding carboxylic acids is 1. The molecule has 1 aromatic heterocycles. The lowest BCUT2D eigenvalue weighted by molar-refractivity contribution is 0.0949. The topological polar surface area (TPSA) is 90.4 Å². The molecule has 114 valence electrons. The van der Waals surface area contributed by atoms with Crippen LogP contribution in [0.5, 0.6) is 5.75 Å². The molecular formula is C16H18N4O2. The second-order valence-electron chi connectivity index (χ2n) is 5.28. The summed E-state index contributed by atoms with van der Waals surface area (Å²) in [5.74, 6) is -0.0838. The molecule has 1 amide bonds. The number of benzene rings is 1. The molecule has 1 aliphatic rings. The summed E-state index contributed by atoms with van der Waals surface area (Å²) in [6.07, 6.45) is 3.56. The Morgan fingerprint density at radius 3 is 2.86 bits per heavy atom. The Kier molecular flexibility index (Phi) is 3.91. The maximum absolute atomic E-state index is 12.2. The van der Waals surface area contributed by atoms with Crippen molar-refractivity contribution in [1.82, 2.24) is 15.6 Å². The van der Waals surface area contributed by atoms with Crippen molar-refractivity contribution in [3.8, 4) is 5.75 Å². The van der Waals surface area contributed by atoms with Gasteiger partial charge in [0, 0.05) is 11.3 Å². The quantitative estimate of drug-likeness (QED) is 0.596. The van der Waals surface area contributed by atoms with E-state index in [1.807, 2.05) is 6.92 Å². The van der Waals surface area contributed by atoms with Crippen LogP contribution in [-0.2, 0) is 12.8 Å². The lowest BCUT2D eigenvalue weighted by Crippen LogP contribution is -2.21. The van der Waals surface area contributed by atoms with Crippen LogP contribution in [0.1, 0.15) is 47.1 Å². The minimum absolute atomic E-state index is 0.204. The number of fused-ring (bicyclic) bond motifs is 1. The maximum Gasteiger partial charge on any atom is 0.292 e. The molecule has 0 saturated carbocycles. The second-order valence-corrected chi connectivity index (χ2v) is 5.28. The number of H-pyrrole nitrogens is 1. The van der Waals surface area contributed by atoms with Crippen LogP contribution in [0.3, 0.4) is 0 Å². The van der Waals surface area contributed by atoms with Crippen LogP contribution in [0.15, 0.2) is 29.4 Å². The van der Waals surface area contributed by atoms with E-state index in [9.17, 15) is 9.90 Å². The summed E-state index contributed by atoms with van der Waals surface area (Å²) >= 11 is 0. The van der Waals surface area contributed by atoms with Crippen molar-refractivity contribution in [3.63, 3.8) is 0 Å². The minimum Gasteiger partial charge on any atom is -0.508 e. The molecule has 1 heterocycles. The molecule has 6 nitrogen and oxygen atoms in total. The van der Waals surface area contributed by atoms with E-state index in [-0.39, 0.29) is 11.7 Å². The van der Waals surface area contributed by atoms with Gasteiger partial charge in [-0.05, 0) is 55.5 Å². The lowest BCUT2D eigenvalue weighted by atomic mass is 10.1. The average Bonchev–Trinajstić information content (AvgIpc) is 3.12. The summed E-state index contributed by atoms with van der Waals surface area (Å²) in [4.78, 5) is 12.2. The zero-order chi connectivity index (χ0) is 15.5. The highest BCUT2D eigenvalue weighted by Gasteiger charge is 2.22. The van der Waals surface area contributed by atoms with E-state index in [1.54, 1.807) is 24.3 Å². The molecule has 22 heavy (non-hydrogen) atoms. The van der Waals surface area contributed by atoms with Gasteiger partial charge in [0.25, 0.3) is 5.91 Å².